The lowest BCUT2D eigenvalue weighted by atomic mass is 10.1. The second-order valence-corrected chi connectivity index (χ2v) is 9.23. The number of hydrogen-bond acceptors (Lipinski definition) is 8. The lowest BCUT2D eigenvalue weighted by Gasteiger charge is -2.27. The number of benzene rings is 2. The minimum Gasteiger partial charge on any atom is -0.495 e. The lowest BCUT2D eigenvalue weighted by Crippen LogP contribution is -2.43. The van der Waals surface area contributed by atoms with Crippen LogP contribution in [0.25, 0.3) is 10.9 Å². The zero-order valence-electron chi connectivity index (χ0n) is 20.4. The van der Waals surface area contributed by atoms with Gasteiger partial charge in [0.1, 0.15) is 11.8 Å². The van der Waals surface area contributed by atoms with Crippen molar-refractivity contribution in [2.75, 3.05) is 58.9 Å². The van der Waals surface area contributed by atoms with Crippen molar-refractivity contribution in [3.05, 3.63) is 46.1 Å². The Bertz CT molecular complexity index is 1260. The molecular formula is C26H29Cl2N5O3. The smallest absolute Gasteiger partial charge is 0.163 e. The summed E-state index contributed by atoms with van der Waals surface area (Å²) in [6, 6.07) is 9.13. The molecule has 0 atom stereocenters. The van der Waals surface area contributed by atoms with Crippen molar-refractivity contribution in [2.45, 2.75) is 12.8 Å². The van der Waals surface area contributed by atoms with E-state index < -0.39 is 0 Å². The molecule has 1 saturated heterocycles. The van der Waals surface area contributed by atoms with E-state index in [9.17, 15) is 5.26 Å². The number of ether oxygens (including phenoxy) is 3. The van der Waals surface area contributed by atoms with Gasteiger partial charge in [0.25, 0.3) is 0 Å². The van der Waals surface area contributed by atoms with Gasteiger partial charge in [-0.3, -0.25) is 4.98 Å². The van der Waals surface area contributed by atoms with Gasteiger partial charge in [0.2, 0.25) is 0 Å². The van der Waals surface area contributed by atoms with Crippen LogP contribution < -0.4 is 24.8 Å². The number of aromatic nitrogens is 1. The first-order chi connectivity index (χ1) is 17.5. The molecule has 8 nitrogen and oxygen atoms in total. The molecule has 1 aromatic heterocycles. The molecule has 0 bridgehead atoms. The van der Waals surface area contributed by atoms with E-state index in [1.807, 2.05) is 12.1 Å². The minimum atomic E-state index is 0.358. The van der Waals surface area contributed by atoms with Crippen LogP contribution in [0.3, 0.4) is 0 Å². The van der Waals surface area contributed by atoms with Gasteiger partial charge in [-0.05, 0) is 31.5 Å². The molecule has 0 unspecified atom stereocenters. The summed E-state index contributed by atoms with van der Waals surface area (Å²) in [4.78, 5) is 6.95. The molecule has 36 heavy (non-hydrogen) atoms. The number of piperazine rings is 1. The number of nitrogens with zero attached hydrogens (tertiary/aromatic N) is 3. The zero-order chi connectivity index (χ0) is 25.5. The third-order valence-electron chi connectivity index (χ3n) is 6.11. The van der Waals surface area contributed by atoms with Crippen LogP contribution in [-0.2, 0) is 0 Å². The average Bonchev–Trinajstić information content (AvgIpc) is 2.90. The number of nitrogens with one attached hydrogen (secondary N) is 2. The van der Waals surface area contributed by atoms with Crippen LogP contribution in [0.2, 0.25) is 10.0 Å². The van der Waals surface area contributed by atoms with Gasteiger partial charge in [0.05, 0.1) is 53.3 Å². The van der Waals surface area contributed by atoms with Crippen LogP contribution in [0.15, 0.2) is 30.5 Å². The average molecular weight is 530 g/mol. The number of methoxy groups -OCH3 is 2. The number of halogens is 2. The summed E-state index contributed by atoms with van der Waals surface area (Å²) < 4.78 is 17.0. The highest BCUT2D eigenvalue weighted by Gasteiger charge is 2.17. The Morgan fingerprint density at radius 3 is 2.53 bits per heavy atom. The summed E-state index contributed by atoms with van der Waals surface area (Å²) in [6.45, 7) is 5.96. The third kappa shape index (κ3) is 6.05. The number of hydrogen-bond donors (Lipinski definition) is 2. The highest BCUT2D eigenvalue weighted by molar-refractivity contribution is 6.37. The van der Waals surface area contributed by atoms with E-state index in [4.69, 9.17) is 37.4 Å². The lowest BCUT2D eigenvalue weighted by molar-refractivity contribution is 0.224. The quantitative estimate of drug-likeness (QED) is 0.344. The molecule has 10 heteroatoms. The second-order valence-electron chi connectivity index (χ2n) is 8.42. The highest BCUT2D eigenvalue weighted by atomic mass is 35.5. The van der Waals surface area contributed by atoms with Crippen molar-refractivity contribution >= 4 is 45.5 Å². The number of unbranched alkanes of at least 4 members (excludes halogenated alkanes) is 1. The molecule has 2 aromatic carbocycles. The van der Waals surface area contributed by atoms with E-state index in [-0.39, 0.29) is 0 Å². The van der Waals surface area contributed by atoms with Crippen molar-refractivity contribution in [2.24, 2.45) is 0 Å². The predicted octanol–water partition coefficient (Wildman–Crippen LogP) is 5.24. The molecule has 2 heterocycles. The van der Waals surface area contributed by atoms with Crippen molar-refractivity contribution in [1.29, 1.82) is 5.26 Å². The fourth-order valence-electron chi connectivity index (χ4n) is 4.16. The van der Waals surface area contributed by atoms with Crippen LogP contribution in [0.1, 0.15) is 18.4 Å². The number of fused-ring (bicyclic) bond motifs is 1. The predicted molar refractivity (Wildman–Crippen MR) is 143 cm³/mol. The standard InChI is InChI=1S/C26H29Cl2N5O3/c1-34-23-14-22(19(27)12-20(23)28)32-26-17(15-29)16-31-21-13-25(24(35-2)11-18(21)26)36-10-4-3-7-33-8-5-30-6-9-33/h11-14,16,30H,3-10H2,1-2H3,(H,31,32). The maximum Gasteiger partial charge on any atom is 0.163 e. The van der Waals surface area contributed by atoms with Crippen LogP contribution in [-0.4, -0.2) is 63.4 Å². The van der Waals surface area contributed by atoms with Crippen LogP contribution in [0.5, 0.6) is 17.2 Å². The Labute approximate surface area is 221 Å². The molecule has 1 aliphatic heterocycles. The normalized spacial score (nSPS) is 13.9. The van der Waals surface area contributed by atoms with E-state index in [0.29, 0.717) is 61.7 Å². The number of pyridine rings is 1. The molecule has 4 rings (SSSR count). The molecule has 190 valence electrons. The highest BCUT2D eigenvalue weighted by Crippen LogP contribution is 2.40. The summed E-state index contributed by atoms with van der Waals surface area (Å²) in [6.07, 6.45) is 3.53. The summed E-state index contributed by atoms with van der Waals surface area (Å²) in [5.41, 5.74) is 2.11. The first-order valence-corrected chi connectivity index (χ1v) is 12.6. The molecule has 0 saturated carbocycles. The van der Waals surface area contributed by atoms with Gasteiger partial charge < -0.3 is 29.7 Å². The SMILES string of the molecule is COc1cc(Nc2c(C#N)cnc3cc(OCCCCN4CCNCC4)c(OC)cc23)c(Cl)cc1Cl. The van der Waals surface area contributed by atoms with Crippen molar-refractivity contribution < 1.29 is 14.2 Å². The van der Waals surface area contributed by atoms with Gasteiger partial charge in [-0.2, -0.15) is 5.26 Å². The molecule has 1 aliphatic rings. The van der Waals surface area contributed by atoms with Gasteiger partial charge in [0.15, 0.2) is 11.5 Å². The molecule has 2 N–H and O–H groups in total. The molecule has 0 amide bonds. The van der Waals surface area contributed by atoms with Crippen molar-refractivity contribution in [3.8, 4) is 23.3 Å². The van der Waals surface area contributed by atoms with Crippen LogP contribution in [0.4, 0.5) is 11.4 Å². The number of rotatable bonds is 10. The zero-order valence-corrected chi connectivity index (χ0v) is 21.9. The van der Waals surface area contributed by atoms with Crippen molar-refractivity contribution in [1.82, 2.24) is 15.2 Å². The summed E-state index contributed by atoms with van der Waals surface area (Å²) >= 11 is 12.6. The first-order valence-electron chi connectivity index (χ1n) is 11.8. The largest absolute Gasteiger partial charge is 0.495 e. The molecular weight excluding hydrogens is 501 g/mol. The maximum absolute atomic E-state index is 9.74. The van der Waals surface area contributed by atoms with Gasteiger partial charge in [-0.25, -0.2) is 0 Å². The monoisotopic (exact) mass is 529 g/mol. The molecule has 0 aliphatic carbocycles. The van der Waals surface area contributed by atoms with Crippen LogP contribution >= 0.6 is 23.2 Å². The van der Waals surface area contributed by atoms with Gasteiger partial charge >= 0.3 is 0 Å². The maximum atomic E-state index is 9.74. The summed E-state index contributed by atoms with van der Waals surface area (Å²) in [7, 11) is 3.12. The Morgan fingerprint density at radius 1 is 1.03 bits per heavy atom. The third-order valence-corrected chi connectivity index (χ3v) is 6.72. The summed E-state index contributed by atoms with van der Waals surface area (Å²) in [5, 5.41) is 17.9. The minimum absolute atomic E-state index is 0.358. The van der Waals surface area contributed by atoms with E-state index in [2.05, 4.69) is 26.6 Å². The van der Waals surface area contributed by atoms with Gasteiger partial charge in [-0.1, -0.05) is 23.2 Å². The summed E-state index contributed by atoms with van der Waals surface area (Å²) in [5.74, 6) is 1.64. The van der Waals surface area contributed by atoms with Gasteiger partial charge in [0, 0.05) is 49.9 Å². The van der Waals surface area contributed by atoms with E-state index in [1.54, 1.807) is 19.2 Å². The van der Waals surface area contributed by atoms with E-state index in [1.165, 1.54) is 13.3 Å². The Kier molecular flexibility index (Phi) is 8.94. The second kappa shape index (κ2) is 12.3. The fraction of sp³-hybridized carbons (Fsp3) is 0.385. The fourth-order valence-corrected chi connectivity index (χ4v) is 4.67. The number of anilines is 2. The topological polar surface area (TPSA) is 91.7 Å². The molecule has 0 radical (unpaired) electrons. The van der Waals surface area contributed by atoms with Gasteiger partial charge in [-0.15, -0.1) is 0 Å². The van der Waals surface area contributed by atoms with E-state index in [0.717, 1.165) is 45.6 Å². The first kappa shape index (κ1) is 26.1. The van der Waals surface area contributed by atoms with Crippen LogP contribution in [0, 0.1) is 11.3 Å². The number of nitriles is 1. The Morgan fingerprint density at radius 2 is 1.81 bits per heavy atom. The van der Waals surface area contributed by atoms with E-state index >= 15 is 0 Å². The molecule has 0 spiro atoms. The molecule has 3 aromatic rings. The van der Waals surface area contributed by atoms with Crippen molar-refractivity contribution in [3.63, 3.8) is 0 Å². The Hall–Kier alpha value is -2.96. The Balaban J connectivity index is 1.55. The molecule has 1 fully saturated rings.